The van der Waals surface area contributed by atoms with E-state index in [2.05, 4.69) is 0 Å². The number of hydrogen-bond donors (Lipinski definition) is 2. The van der Waals surface area contributed by atoms with E-state index in [1.807, 2.05) is 6.07 Å². The number of carbonyl (C=O) groups is 1. The molecule has 0 spiro atoms. The molecule has 1 atom stereocenters. The number of carbonyl (C=O) groups excluding carboxylic acids is 1. The Morgan fingerprint density at radius 1 is 1.55 bits per heavy atom. The second-order valence-electron chi connectivity index (χ2n) is 5.39. The molecular formula is C15H22N2O3. The van der Waals surface area contributed by atoms with Crippen molar-refractivity contribution in [2.45, 2.75) is 25.4 Å². The Kier molecular flexibility index (Phi) is 4.98. The lowest BCUT2D eigenvalue weighted by atomic mass is 10.1. The fraction of sp³-hybridized carbons (Fsp3) is 0.533. The van der Waals surface area contributed by atoms with E-state index in [4.69, 9.17) is 10.5 Å². The molecule has 0 bridgehead atoms. The van der Waals surface area contributed by atoms with Gasteiger partial charge in [0.15, 0.2) is 0 Å². The third-order valence-corrected chi connectivity index (χ3v) is 3.43. The maximum absolute atomic E-state index is 12.3. The molecule has 5 nitrogen and oxygen atoms in total. The average molecular weight is 278 g/mol. The molecule has 110 valence electrons. The molecule has 1 aliphatic carbocycles. The summed E-state index contributed by atoms with van der Waals surface area (Å²) >= 11 is 0. The highest BCUT2D eigenvalue weighted by molar-refractivity contribution is 5.81. The van der Waals surface area contributed by atoms with Gasteiger partial charge < -0.3 is 20.5 Å². The third-order valence-electron chi connectivity index (χ3n) is 3.43. The zero-order chi connectivity index (χ0) is 14.5. The zero-order valence-corrected chi connectivity index (χ0v) is 11.8. The van der Waals surface area contributed by atoms with Crippen LogP contribution in [0.4, 0.5) is 0 Å². The number of amides is 1. The largest absolute Gasteiger partial charge is 0.508 e. The molecular weight excluding hydrogens is 256 g/mol. The average Bonchev–Trinajstić information content (AvgIpc) is 3.21. The molecule has 1 unspecified atom stereocenters. The summed E-state index contributed by atoms with van der Waals surface area (Å²) in [5.74, 6) is 0.704. The molecule has 0 radical (unpaired) electrons. The standard InChI is InChI=1S/C15H22N2O3/c1-20-10-14(16)15(19)17(8-11-5-6-11)9-12-3-2-4-13(18)7-12/h2-4,7,11,14,18H,5-6,8-10,16H2,1H3. The predicted molar refractivity (Wildman–Crippen MR) is 76.1 cm³/mol. The first-order chi connectivity index (χ1) is 9.60. The van der Waals surface area contributed by atoms with Crippen LogP contribution in [-0.4, -0.2) is 42.2 Å². The Labute approximate surface area is 119 Å². The van der Waals surface area contributed by atoms with Crippen molar-refractivity contribution < 1.29 is 14.6 Å². The number of nitrogens with zero attached hydrogens (tertiary/aromatic N) is 1. The molecule has 0 aromatic heterocycles. The highest BCUT2D eigenvalue weighted by Crippen LogP contribution is 2.30. The number of hydrogen-bond acceptors (Lipinski definition) is 4. The highest BCUT2D eigenvalue weighted by atomic mass is 16.5. The van der Waals surface area contributed by atoms with Crippen LogP contribution in [0.1, 0.15) is 18.4 Å². The lowest BCUT2D eigenvalue weighted by Gasteiger charge is -2.25. The summed E-state index contributed by atoms with van der Waals surface area (Å²) in [4.78, 5) is 14.1. The summed E-state index contributed by atoms with van der Waals surface area (Å²) in [6, 6.07) is 6.34. The van der Waals surface area contributed by atoms with Gasteiger partial charge in [-0.1, -0.05) is 12.1 Å². The number of nitrogens with two attached hydrogens (primary N) is 1. The molecule has 3 N–H and O–H groups in total. The SMILES string of the molecule is COCC(N)C(=O)N(Cc1cccc(O)c1)CC1CC1. The van der Waals surface area contributed by atoms with Gasteiger partial charge in [-0.15, -0.1) is 0 Å². The first-order valence-corrected chi connectivity index (χ1v) is 6.91. The van der Waals surface area contributed by atoms with Crippen LogP contribution in [0.3, 0.4) is 0 Å². The maximum atomic E-state index is 12.3. The molecule has 5 heteroatoms. The fourth-order valence-electron chi connectivity index (χ4n) is 2.21. The van der Waals surface area contributed by atoms with Crippen LogP contribution in [0, 0.1) is 5.92 Å². The van der Waals surface area contributed by atoms with Gasteiger partial charge in [-0.25, -0.2) is 0 Å². The van der Waals surface area contributed by atoms with Crippen LogP contribution >= 0.6 is 0 Å². The first-order valence-electron chi connectivity index (χ1n) is 6.91. The maximum Gasteiger partial charge on any atom is 0.242 e. The fourth-order valence-corrected chi connectivity index (χ4v) is 2.21. The van der Waals surface area contributed by atoms with Crippen molar-refractivity contribution in [3.8, 4) is 5.75 Å². The van der Waals surface area contributed by atoms with Gasteiger partial charge in [0.2, 0.25) is 5.91 Å². The van der Waals surface area contributed by atoms with Crippen LogP contribution in [-0.2, 0) is 16.1 Å². The quantitative estimate of drug-likeness (QED) is 0.783. The number of benzene rings is 1. The van der Waals surface area contributed by atoms with Gasteiger partial charge >= 0.3 is 0 Å². The van der Waals surface area contributed by atoms with E-state index in [9.17, 15) is 9.90 Å². The Balaban J connectivity index is 2.04. The van der Waals surface area contributed by atoms with E-state index < -0.39 is 6.04 Å². The number of phenols is 1. The number of aromatic hydroxyl groups is 1. The van der Waals surface area contributed by atoms with Crippen molar-refractivity contribution in [1.82, 2.24) is 4.90 Å². The highest BCUT2D eigenvalue weighted by Gasteiger charge is 2.29. The lowest BCUT2D eigenvalue weighted by Crippen LogP contribution is -2.46. The number of rotatable bonds is 7. The summed E-state index contributed by atoms with van der Waals surface area (Å²) in [6.07, 6.45) is 2.34. The summed E-state index contributed by atoms with van der Waals surface area (Å²) in [7, 11) is 1.54. The Morgan fingerprint density at radius 3 is 2.90 bits per heavy atom. The van der Waals surface area contributed by atoms with E-state index in [0.29, 0.717) is 12.5 Å². The van der Waals surface area contributed by atoms with Crippen molar-refractivity contribution in [3.05, 3.63) is 29.8 Å². The summed E-state index contributed by atoms with van der Waals surface area (Å²) in [6.45, 7) is 1.42. The minimum atomic E-state index is -0.629. The number of ether oxygens (including phenoxy) is 1. The van der Waals surface area contributed by atoms with Crippen molar-refractivity contribution >= 4 is 5.91 Å². The summed E-state index contributed by atoms with van der Waals surface area (Å²) in [5.41, 5.74) is 6.75. The van der Waals surface area contributed by atoms with Crippen LogP contribution in [0.5, 0.6) is 5.75 Å². The number of phenolic OH excluding ortho intramolecular Hbond substituents is 1. The molecule has 0 aliphatic heterocycles. The molecule has 20 heavy (non-hydrogen) atoms. The van der Waals surface area contributed by atoms with Crippen molar-refractivity contribution in [1.29, 1.82) is 0 Å². The van der Waals surface area contributed by atoms with Gasteiger partial charge in [-0.2, -0.15) is 0 Å². The van der Waals surface area contributed by atoms with Crippen molar-refractivity contribution in [2.24, 2.45) is 11.7 Å². The van der Waals surface area contributed by atoms with Crippen molar-refractivity contribution in [2.75, 3.05) is 20.3 Å². The van der Waals surface area contributed by atoms with E-state index in [0.717, 1.165) is 12.1 Å². The topological polar surface area (TPSA) is 75.8 Å². The minimum Gasteiger partial charge on any atom is -0.508 e. The second-order valence-corrected chi connectivity index (χ2v) is 5.39. The molecule has 1 aromatic carbocycles. The van der Waals surface area contributed by atoms with E-state index in [-0.39, 0.29) is 18.3 Å². The molecule has 1 amide bonds. The lowest BCUT2D eigenvalue weighted by molar-refractivity contribution is -0.134. The van der Waals surface area contributed by atoms with Crippen molar-refractivity contribution in [3.63, 3.8) is 0 Å². The second kappa shape index (κ2) is 6.72. The van der Waals surface area contributed by atoms with Crippen LogP contribution in [0.2, 0.25) is 0 Å². The van der Waals surface area contributed by atoms with E-state index in [1.54, 1.807) is 23.1 Å². The van der Waals surface area contributed by atoms with Crippen LogP contribution < -0.4 is 5.73 Å². The molecule has 1 fully saturated rings. The Morgan fingerprint density at radius 2 is 2.30 bits per heavy atom. The Bertz CT molecular complexity index is 460. The smallest absolute Gasteiger partial charge is 0.242 e. The van der Waals surface area contributed by atoms with Gasteiger partial charge in [0.1, 0.15) is 11.8 Å². The van der Waals surface area contributed by atoms with Gasteiger partial charge in [0.05, 0.1) is 6.61 Å². The minimum absolute atomic E-state index is 0.0953. The monoisotopic (exact) mass is 278 g/mol. The molecule has 1 aromatic rings. The third kappa shape index (κ3) is 4.21. The predicted octanol–water partition coefficient (Wildman–Crippen LogP) is 1.10. The molecule has 1 aliphatic rings. The normalized spacial score (nSPS) is 15.9. The van der Waals surface area contributed by atoms with Gasteiger partial charge in [-0.05, 0) is 36.5 Å². The molecule has 2 rings (SSSR count). The van der Waals surface area contributed by atoms with Gasteiger partial charge in [0, 0.05) is 20.2 Å². The van der Waals surface area contributed by atoms with E-state index >= 15 is 0 Å². The summed E-state index contributed by atoms with van der Waals surface area (Å²) < 4.78 is 4.95. The molecule has 0 saturated heterocycles. The Hall–Kier alpha value is -1.59. The first kappa shape index (κ1) is 14.8. The van der Waals surface area contributed by atoms with Gasteiger partial charge in [-0.3, -0.25) is 4.79 Å². The number of methoxy groups -OCH3 is 1. The summed E-state index contributed by atoms with van der Waals surface area (Å²) in [5, 5.41) is 9.50. The van der Waals surface area contributed by atoms with E-state index in [1.165, 1.54) is 20.0 Å². The van der Waals surface area contributed by atoms with Gasteiger partial charge in [0.25, 0.3) is 0 Å². The van der Waals surface area contributed by atoms with Crippen LogP contribution in [0.15, 0.2) is 24.3 Å². The molecule has 0 heterocycles. The molecule has 1 saturated carbocycles. The van der Waals surface area contributed by atoms with Crippen LogP contribution in [0.25, 0.3) is 0 Å². The zero-order valence-electron chi connectivity index (χ0n) is 11.8.